The van der Waals surface area contributed by atoms with E-state index in [1.165, 1.54) is 12.1 Å². The fraction of sp³-hybridized carbons (Fsp3) is 0.200. The lowest BCUT2D eigenvalue weighted by molar-refractivity contribution is -0.385. The number of pyridine rings is 1. The maximum atomic E-state index is 10.5. The SMILES string of the molecule is COc1ccc(CCN=C(N)Nc2ccc([N+](=O)[O-])cn2)cc1. The lowest BCUT2D eigenvalue weighted by atomic mass is 10.1. The smallest absolute Gasteiger partial charge is 0.287 e. The van der Waals surface area contributed by atoms with Gasteiger partial charge in [-0.2, -0.15) is 0 Å². The van der Waals surface area contributed by atoms with Crippen molar-refractivity contribution in [2.75, 3.05) is 19.0 Å². The number of hydrogen-bond acceptors (Lipinski definition) is 5. The first-order chi connectivity index (χ1) is 11.1. The highest BCUT2D eigenvalue weighted by molar-refractivity contribution is 5.91. The number of rotatable bonds is 6. The Bertz CT molecular complexity index is 683. The molecule has 1 aromatic carbocycles. The second-order valence-electron chi connectivity index (χ2n) is 4.65. The summed E-state index contributed by atoms with van der Waals surface area (Å²) in [7, 11) is 1.62. The summed E-state index contributed by atoms with van der Waals surface area (Å²) < 4.78 is 5.09. The van der Waals surface area contributed by atoms with E-state index in [0.29, 0.717) is 12.4 Å². The number of nitro groups is 1. The molecule has 0 saturated carbocycles. The molecule has 0 unspecified atom stereocenters. The van der Waals surface area contributed by atoms with E-state index in [1.807, 2.05) is 24.3 Å². The molecule has 0 aliphatic heterocycles. The van der Waals surface area contributed by atoms with Gasteiger partial charge in [-0.3, -0.25) is 15.1 Å². The van der Waals surface area contributed by atoms with Crippen LogP contribution in [0.5, 0.6) is 5.75 Å². The summed E-state index contributed by atoms with van der Waals surface area (Å²) in [6, 6.07) is 10.5. The zero-order valence-corrected chi connectivity index (χ0v) is 12.6. The molecule has 0 aliphatic rings. The van der Waals surface area contributed by atoms with Crippen molar-refractivity contribution in [3.8, 4) is 5.75 Å². The minimum Gasteiger partial charge on any atom is -0.497 e. The van der Waals surface area contributed by atoms with Gasteiger partial charge in [0.15, 0.2) is 5.96 Å². The zero-order chi connectivity index (χ0) is 16.7. The van der Waals surface area contributed by atoms with Gasteiger partial charge in [0.1, 0.15) is 17.8 Å². The molecule has 0 saturated heterocycles. The largest absolute Gasteiger partial charge is 0.497 e. The highest BCUT2D eigenvalue weighted by Gasteiger charge is 2.05. The predicted molar refractivity (Wildman–Crippen MR) is 87.7 cm³/mol. The molecule has 0 fully saturated rings. The van der Waals surface area contributed by atoms with Crippen molar-refractivity contribution in [1.29, 1.82) is 0 Å². The molecule has 0 amide bonds. The summed E-state index contributed by atoms with van der Waals surface area (Å²) in [5, 5.41) is 13.3. The number of nitrogens with zero attached hydrogens (tertiary/aromatic N) is 3. The number of hydrogen-bond donors (Lipinski definition) is 2. The highest BCUT2D eigenvalue weighted by atomic mass is 16.6. The zero-order valence-electron chi connectivity index (χ0n) is 12.6. The van der Waals surface area contributed by atoms with Gasteiger partial charge in [-0.1, -0.05) is 12.1 Å². The third-order valence-electron chi connectivity index (χ3n) is 3.06. The number of guanidine groups is 1. The molecule has 23 heavy (non-hydrogen) atoms. The van der Waals surface area contributed by atoms with E-state index in [9.17, 15) is 10.1 Å². The topological polar surface area (TPSA) is 116 Å². The number of aliphatic imine (C=N–C) groups is 1. The molecule has 2 aromatic rings. The van der Waals surface area contributed by atoms with E-state index in [0.717, 1.165) is 23.9 Å². The summed E-state index contributed by atoms with van der Waals surface area (Å²) in [5.41, 5.74) is 6.80. The van der Waals surface area contributed by atoms with Gasteiger partial charge in [0.2, 0.25) is 0 Å². The van der Waals surface area contributed by atoms with Crippen LogP contribution in [-0.4, -0.2) is 29.5 Å². The summed E-state index contributed by atoms with van der Waals surface area (Å²) >= 11 is 0. The van der Waals surface area contributed by atoms with E-state index in [-0.39, 0.29) is 11.6 Å². The molecule has 0 aliphatic carbocycles. The first kappa shape index (κ1) is 16.2. The van der Waals surface area contributed by atoms with Crippen molar-refractivity contribution < 1.29 is 9.66 Å². The van der Waals surface area contributed by atoms with Crippen molar-refractivity contribution in [3.05, 3.63) is 58.3 Å². The Morgan fingerprint density at radius 1 is 1.35 bits per heavy atom. The molecule has 0 radical (unpaired) electrons. The van der Waals surface area contributed by atoms with Gasteiger partial charge in [-0.05, 0) is 30.2 Å². The van der Waals surface area contributed by atoms with Crippen LogP contribution in [0.1, 0.15) is 5.56 Å². The lowest BCUT2D eigenvalue weighted by Gasteiger charge is -2.05. The third kappa shape index (κ3) is 4.95. The van der Waals surface area contributed by atoms with Gasteiger partial charge in [0, 0.05) is 12.6 Å². The summed E-state index contributed by atoms with van der Waals surface area (Å²) in [5.74, 6) is 1.42. The third-order valence-corrected chi connectivity index (χ3v) is 3.06. The van der Waals surface area contributed by atoms with Crippen LogP contribution in [0.3, 0.4) is 0 Å². The quantitative estimate of drug-likeness (QED) is 0.364. The Labute approximate surface area is 133 Å². The average Bonchev–Trinajstić information content (AvgIpc) is 2.56. The van der Waals surface area contributed by atoms with Crippen LogP contribution in [0.2, 0.25) is 0 Å². The first-order valence-corrected chi connectivity index (χ1v) is 6.89. The highest BCUT2D eigenvalue weighted by Crippen LogP contribution is 2.12. The fourth-order valence-electron chi connectivity index (χ4n) is 1.84. The van der Waals surface area contributed by atoms with E-state index in [4.69, 9.17) is 10.5 Å². The number of ether oxygens (including phenoxy) is 1. The Morgan fingerprint density at radius 3 is 2.65 bits per heavy atom. The van der Waals surface area contributed by atoms with Crippen molar-refractivity contribution in [2.24, 2.45) is 10.7 Å². The standard InChI is InChI=1S/C15H17N5O3/c1-23-13-5-2-11(3-6-13)8-9-17-15(16)19-14-7-4-12(10-18-14)20(21)22/h2-7,10H,8-9H2,1H3,(H3,16,17,18,19). The molecular formula is C15H17N5O3. The number of nitrogens with two attached hydrogens (primary N) is 1. The molecule has 3 N–H and O–H groups in total. The number of aromatic nitrogens is 1. The van der Waals surface area contributed by atoms with Crippen LogP contribution in [0, 0.1) is 10.1 Å². The maximum Gasteiger partial charge on any atom is 0.287 e. The molecular weight excluding hydrogens is 298 g/mol. The second kappa shape index (κ2) is 7.74. The number of nitrogens with one attached hydrogen (secondary N) is 1. The summed E-state index contributed by atoms with van der Waals surface area (Å²) in [6.07, 6.45) is 1.90. The average molecular weight is 315 g/mol. The van der Waals surface area contributed by atoms with Gasteiger partial charge in [0.25, 0.3) is 5.69 Å². The van der Waals surface area contributed by atoms with E-state index in [1.54, 1.807) is 7.11 Å². The Kier molecular flexibility index (Phi) is 5.45. The molecule has 2 rings (SSSR count). The number of benzene rings is 1. The Hall–Kier alpha value is -3.16. The lowest BCUT2D eigenvalue weighted by Crippen LogP contribution is -2.23. The van der Waals surface area contributed by atoms with Gasteiger partial charge >= 0.3 is 0 Å². The molecule has 1 heterocycles. The summed E-state index contributed by atoms with van der Waals surface area (Å²) in [6.45, 7) is 0.512. The molecule has 0 bridgehead atoms. The minimum atomic E-state index is -0.511. The van der Waals surface area contributed by atoms with E-state index in [2.05, 4.69) is 15.3 Å². The van der Waals surface area contributed by atoms with Gasteiger partial charge in [-0.25, -0.2) is 4.98 Å². The first-order valence-electron chi connectivity index (χ1n) is 6.89. The van der Waals surface area contributed by atoms with Crippen LogP contribution in [0.15, 0.2) is 47.6 Å². The second-order valence-corrected chi connectivity index (χ2v) is 4.65. The molecule has 120 valence electrons. The van der Waals surface area contributed by atoms with Crippen LogP contribution in [-0.2, 0) is 6.42 Å². The fourth-order valence-corrected chi connectivity index (χ4v) is 1.84. The van der Waals surface area contributed by atoms with Gasteiger partial charge in [-0.15, -0.1) is 0 Å². The van der Waals surface area contributed by atoms with Crippen molar-refractivity contribution in [2.45, 2.75) is 6.42 Å². The molecule has 8 nitrogen and oxygen atoms in total. The molecule has 0 spiro atoms. The maximum absolute atomic E-state index is 10.5. The Balaban J connectivity index is 1.85. The normalized spacial score (nSPS) is 11.1. The van der Waals surface area contributed by atoms with Crippen LogP contribution >= 0.6 is 0 Å². The van der Waals surface area contributed by atoms with Crippen LogP contribution in [0.25, 0.3) is 0 Å². The van der Waals surface area contributed by atoms with Crippen LogP contribution in [0.4, 0.5) is 11.5 Å². The number of methoxy groups -OCH3 is 1. The predicted octanol–water partition coefficient (Wildman–Crippen LogP) is 1.97. The molecule has 1 aromatic heterocycles. The summed E-state index contributed by atoms with van der Waals surface area (Å²) in [4.78, 5) is 18.1. The van der Waals surface area contributed by atoms with Crippen LogP contribution < -0.4 is 15.8 Å². The van der Waals surface area contributed by atoms with E-state index < -0.39 is 4.92 Å². The van der Waals surface area contributed by atoms with Gasteiger partial charge < -0.3 is 15.8 Å². The van der Waals surface area contributed by atoms with Crippen molar-refractivity contribution in [1.82, 2.24) is 4.98 Å². The Morgan fingerprint density at radius 2 is 2.09 bits per heavy atom. The van der Waals surface area contributed by atoms with Gasteiger partial charge in [0.05, 0.1) is 12.0 Å². The monoisotopic (exact) mass is 315 g/mol. The van der Waals surface area contributed by atoms with Crippen molar-refractivity contribution in [3.63, 3.8) is 0 Å². The minimum absolute atomic E-state index is 0.0782. The van der Waals surface area contributed by atoms with Crippen molar-refractivity contribution >= 4 is 17.5 Å². The van der Waals surface area contributed by atoms with E-state index >= 15 is 0 Å². The molecule has 8 heteroatoms. The number of anilines is 1. The molecule has 0 atom stereocenters.